The highest BCUT2D eigenvalue weighted by Crippen LogP contribution is 2.30. The van der Waals surface area contributed by atoms with Gasteiger partial charge in [0.05, 0.1) is 15.5 Å². The summed E-state index contributed by atoms with van der Waals surface area (Å²) >= 11 is 6.69. The minimum atomic E-state index is -0.446. The van der Waals surface area contributed by atoms with Crippen molar-refractivity contribution in [2.24, 2.45) is 0 Å². The summed E-state index contributed by atoms with van der Waals surface area (Å²) in [5, 5.41) is 10.7. The second-order valence-electron chi connectivity index (χ2n) is 3.79. The number of nitro groups is 1. The zero-order valence-electron chi connectivity index (χ0n) is 9.68. The van der Waals surface area contributed by atoms with Crippen LogP contribution in [0.1, 0.15) is 5.56 Å². The third kappa shape index (κ3) is 3.78. The molecule has 0 aromatic heterocycles. The summed E-state index contributed by atoms with van der Waals surface area (Å²) in [6, 6.07) is 12.1. The maximum absolute atomic E-state index is 10.7. The third-order valence-corrected chi connectivity index (χ3v) is 3.56. The fraction of sp³-hybridized carbons (Fsp3) is 0.0769. The van der Waals surface area contributed by atoms with Crippen LogP contribution >= 0.6 is 31.9 Å². The van der Waals surface area contributed by atoms with Crippen molar-refractivity contribution in [3.05, 3.63) is 67.1 Å². The molecule has 0 aliphatic carbocycles. The number of hydrogen-bond acceptors (Lipinski definition) is 3. The number of rotatable bonds is 4. The lowest BCUT2D eigenvalue weighted by Crippen LogP contribution is -1.97. The summed E-state index contributed by atoms with van der Waals surface area (Å²) in [4.78, 5) is 10.3. The van der Waals surface area contributed by atoms with E-state index in [2.05, 4.69) is 31.9 Å². The summed E-state index contributed by atoms with van der Waals surface area (Å²) in [6.07, 6.45) is 0. The second-order valence-corrected chi connectivity index (χ2v) is 5.56. The fourth-order valence-corrected chi connectivity index (χ4v) is 2.31. The van der Waals surface area contributed by atoms with E-state index >= 15 is 0 Å². The number of nitrogens with zero attached hydrogens (tertiary/aromatic N) is 1. The molecule has 0 amide bonds. The first-order chi connectivity index (χ1) is 9.06. The topological polar surface area (TPSA) is 52.4 Å². The van der Waals surface area contributed by atoms with Gasteiger partial charge in [0, 0.05) is 10.5 Å². The standard InChI is InChI=1S/C13H9Br2NO3/c14-10-3-1-2-9(6-10)8-19-13-7-11(16(17)18)4-5-12(13)15/h1-7H,8H2. The molecule has 98 valence electrons. The molecule has 0 heterocycles. The monoisotopic (exact) mass is 385 g/mol. The van der Waals surface area contributed by atoms with Crippen LogP contribution in [-0.2, 0) is 6.61 Å². The Balaban J connectivity index is 2.15. The average molecular weight is 387 g/mol. The third-order valence-electron chi connectivity index (χ3n) is 2.41. The molecule has 0 radical (unpaired) electrons. The molecule has 0 aliphatic rings. The quantitative estimate of drug-likeness (QED) is 0.565. The van der Waals surface area contributed by atoms with E-state index in [-0.39, 0.29) is 5.69 Å². The minimum Gasteiger partial charge on any atom is -0.487 e. The van der Waals surface area contributed by atoms with Gasteiger partial charge in [-0.05, 0) is 39.7 Å². The molecule has 2 aromatic rings. The van der Waals surface area contributed by atoms with Crippen LogP contribution in [0.15, 0.2) is 51.4 Å². The van der Waals surface area contributed by atoms with Gasteiger partial charge in [-0.3, -0.25) is 10.1 Å². The first-order valence-corrected chi connectivity index (χ1v) is 6.96. The highest BCUT2D eigenvalue weighted by atomic mass is 79.9. The Kier molecular flexibility index (Phi) is 4.55. The molecule has 0 atom stereocenters. The predicted octanol–water partition coefficient (Wildman–Crippen LogP) is 4.70. The minimum absolute atomic E-state index is 0.00689. The molecule has 0 N–H and O–H groups in total. The van der Waals surface area contributed by atoms with Gasteiger partial charge < -0.3 is 4.74 Å². The van der Waals surface area contributed by atoms with Gasteiger partial charge in [-0.15, -0.1) is 0 Å². The number of ether oxygens (including phenoxy) is 1. The van der Waals surface area contributed by atoms with Gasteiger partial charge in [0.25, 0.3) is 5.69 Å². The highest BCUT2D eigenvalue weighted by Gasteiger charge is 2.10. The van der Waals surface area contributed by atoms with Gasteiger partial charge in [0.15, 0.2) is 0 Å². The normalized spacial score (nSPS) is 10.2. The van der Waals surface area contributed by atoms with E-state index < -0.39 is 4.92 Å². The Morgan fingerprint density at radius 1 is 1.16 bits per heavy atom. The summed E-state index contributed by atoms with van der Waals surface area (Å²) in [6.45, 7) is 0.346. The molecule has 4 nitrogen and oxygen atoms in total. The molecule has 0 spiro atoms. The van der Waals surface area contributed by atoms with Crippen LogP contribution in [0.2, 0.25) is 0 Å². The van der Waals surface area contributed by atoms with Crippen LogP contribution < -0.4 is 4.74 Å². The molecule has 0 saturated heterocycles. The van der Waals surface area contributed by atoms with Crippen molar-refractivity contribution < 1.29 is 9.66 Å². The van der Waals surface area contributed by atoms with Crippen molar-refractivity contribution in [2.75, 3.05) is 0 Å². The van der Waals surface area contributed by atoms with Crippen LogP contribution in [0.3, 0.4) is 0 Å². The first kappa shape index (κ1) is 14.0. The molecule has 0 bridgehead atoms. The summed E-state index contributed by atoms with van der Waals surface area (Å²) < 4.78 is 7.25. The summed E-state index contributed by atoms with van der Waals surface area (Å²) in [5.74, 6) is 0.453. The van der Waals surface area contributed by atoms with Crippen LogP contribution in [0, 0.1) is 10.1 Å². The van der Waals surface area contributed by atoms with E-state index in [1.807, 2.05) is 24.3 Å². The lowest BCUT2D eigenvalue weighted by atomic mass is 10.2. The van der Waals surface area contributed by atoms with Gasteiger partial charge in [-0.25, -0.2) is 0 Å². The Morgan fingerprint density at radius 2 is 1.95 bits per heavy atom. The van der Waals surface area contributed by atoms with Gasteiger partial charge in [0.2, 0.25) is 0 Å². The molecular formula is C13H9Br2NO3. The van der Waals surface area contributed by atoms with Crippen molar-refractivity contribution in [1.29, 1.82) is 0 Å². The highest BCUT2D eigenvalue weighted by molar-refractivity contribution is 9.10. The predicted molar refractivity (Wildman–Crippen MR) is 79.3 cm³/mol. The number of halogens is 2. The van der Waals surface area contributed by atoms with Crippen molar-refractivity contribution >= 4 is 37.5 Å². The molecule has 2 aromatic carbocycles. The summed E-state index contributed by atoms with van der Waals surface area (Å²) in [5.41, 5.74) is 0.986. The molecule has 0 saturated carbocycles. The largest absolute Gasteiger partial charge is 0.487 e. The maximum atomic E-state index is 10.7. The van der Waals surface area contributed by atoms with E-state index in [9.17, 15) is 10.1 Å². The van der Waals surface area contributed by atoms with Crippen molar-refractivity contribution in [2.45, 2.75) is 6.61 Å². The van der Waals surface area contributed by atoms with Crippen LogP contribution in [-0.4, -0.2) is 4.92 Å². The lowest BCUT2D eigenvalue weighted by molar-refractivity contribution is -0.385. The van der Waals surface area contributed by atoms with Gasteiger partial charge in [-0.2, -0.15) is 0 Å². The number of benzene rings is 2. The first-order valence-electron chi connectivity index (χ1n) is 5.37. The van der Waals surface area contributed by atoms with E-state index in [0.717, 1.165) is 10.0 Å². The molecule has 0 unspecified atom stereocenters. The Labute approximate surface area is 126 Å². The van der Waals surface area contributed by atoms with E-state index in [0.29, 0.717) is 16.8 Å². The lowest BCUT2D eigenvalue weighted by Gasteiger charge is -2.08. The average Bonchev–Trinajstić information content (AvgIpc) is 2.37. The van der Waals surface area contributed by atoms with Crippen LogP contribution in [0.5, 0.6) is 5.75 Å². The molecule has 19 heavy (non-hydrogen) atoms. The maximum Gasteiger partial charge on any atom is 0.273 e. The zero-order chi connectivity index (χ0) is 13.8. The Hall–Kier alpha value is -1.40. The zero-order valence-corrected chi connectivity index (χ0v) is 12.8. The Bertz CT molecular complexity index is 617. The molecule has 0 aliphatic heterocycles. The smallest absolute Gasteiger partial charge is 0.273 e. The molecular weight excluding hydrogens is 378 g/mol. The van der Waals surface area contributed by atoms with Crippen LogP contribution in [0.25, 0.3) is 0 Å². The van der Waals surface area contributed by atoms with Gasteiger partial charge in [-0.1, -0.05) is 28.1 Å². The Morgan fingerprint density at radius 3 is 2.63 bits per heavy atom. The second kappa shape index (κ2) is 6.16. The SMILES string of the molecule is O=[N+]([O-])c1ccc(Br)c(OCc2cccc(Br)c2)c1. The number of hydrogen-bond donors (Lipinski definition) is 0. The fourth-order valence-electron chi connectivity index (χ4n) is 1.50. The molecule has 6 heteroatoms. The van der Waals surface area contributed by atoms with Crippen LogP contribution in [0.4, 0.5) is 5.69 Å². The molecule has 0 fully saturated rings. The van der Waals surface area contributed by atoms with E-state index in [1.54, 1.807) is 6.07 Å². The number of nitro benzene ring substituents is 1. The van der Waals surface area contributed by atoms with Gasteiger partial charge in [0.1, 0.15) is 12.4 Å². The van der Waals surface area contributed by atoms with Crippen molar-refractivity contribution in [3.8, 4) is 5.75 Å². The van der Waals surface area contributed by atoms with Gasteiger partial charge >= 0.3 is 0 Å². The van der Waals surface area contributed by atoms with E-state index in [4.69, 9.17) is 4.74 Å². The summed E-state index contributed by atoms with van der Waals surface area (Å²) in [7, 11) is 0. The van der Waals surface area contributed by atoms with Crippen molar-refractivity contribution in [3.63, 3.8) is 0 Å². The molecule has 2 rings (SSSR count). The van der Waals surface area contributed by atoms with Crippen molar-refractivity contribution in [1.82, 2.24) is 0 Å². The number of non-ortho nitro benzene ring substituents is 1. The van der Waals surface area contributed by atoms with E-state index in [1.165, 1.54) is 12.1 Å².